The van der Waals surface area contributed by atoms with E-state index in [1.807, 2.05) is 6.07 Å². The fourth-order valence-corrected chi connectivity index (χ4v) is 5.53. The molecule has 0 radical (unpaired) electrons. The molecule has 1 heterocycles. The molecule has 144 valence electrons. The number of nitrogens with one attached hydrogen (secondary N) is 1. The Labute approximate surface area is 159 Å². The number of rotatable bonds is 7. The zero-order valence-electron chi connectivity index (χ0n) is 14.6. The van der Waals surface area contributed by atoms with Gasteiger partial charge in [-0.1, -0.05) is 24.4 Å². The third-order valence-corrected chi connectivity index (χ3v) is 7.36. The van der Waals surface area contributed by atoms with Crippen molar-refractivity contribution in [2.75, 3.05) is 25.5 Å². The summed E-state index contributed by atoms with van der Waals surface area (Å²) in [5.41, 5.74) is 0.929. The summed E-state index contributed by atoms with van der Waals surface area (Å²) in [5.74, 6) is 0.866. The Morgan fingerprint density at radius 1 is 1.19 bits per heavy atom. The number of halogens is 1. The van der Waals surface area contributed by atoms with Crippen molar-refractivity contribution in [3.8, 4) is 11.5 Å². The lowest BCUT2D eigenvalue weighted by Gasteiger charge is -2.20. The Kier molecular flexibility index (Phi) is 6.29. The SMILES string of the molecule is O=C(CCS(=O)(=O)C1CCCC1)NCCc1cc(Cl)c2c(c1)OCCO2. The normalized spacial score (nSPS) is 17.3. The number of ether oxygens (including phenoxy) is 2. The highest BCUT2D eigenvalue weighted by Gasteiger charge is 2.28. The van der Waals surface area contributed by atoms with E-state index in [9.17, 15) is 13.2 Å². The first kappa shape index (κ1) is 19.3. The van der Waals surface area contributed by atoms with Gasteiger partial charge in [-0.2, -0.15) is 0 Å². The molecular formula is C18H24ClNO5S. The van der Waals surface area contributed by atoms with E-state index in [4.69, 9.17) is 21.1 Å². The molecule has 0 atom stereocenters. The van der Waals surface area contributed by atoms with E-state index in [-0.39, 0.29) is 23.3 Å². The first-order valence-corrected chi connectivity index (χ1v) is 11.1. The van der Waals surface area contributed by atoms with Crippen LogP contribution in [0.25, 0.3) is 0 Å². The van der Waals surface area contributed by atoms with Crippen LogP contribution in [0.4, 0.5) is 0 Å². The van der Waals surface area contributed by atoms with Crippen LogP contribution in [0.5, 0.6) is 11.5 Å². The van der Waals surface area contributed by atoms with Crippen molar-refractivity contribution >= 4 is 27.3 Å². The molecule has 1 aliphatic carbocycles. The first-order valence-electron chi connectivity index (χ1n) is 9.02. The number of carbonyl (C=O) groups excluding carboxylic acids is 1. The second-order valence-electron chi connectivity index (χ2n) is 6.73. The van der Waals surface area contributed by atoms with Crippen LogP contribution in [0, 0.1) is 0 Å². The Morgan fingerprint density at radius 2 is 1.92 bits per heavy atom. The molecule has 1 aliphatic heterocycles. The van der Waals surface area contributed by atoms with Gasteiger partial charge in [-0.3, -0.25) is 4.79 Å². The topological polar surface area (TPSA) is 81.7 Å². The number of fused-ring (bicyclic) bond motifs is 1. The summed E-state index contributed by atoms with van der Waals surface area (Å²) in [6, 6.07) is 3.66. The van der Waals surface area contributed by atoms with Crippen LogP contribution in [-0.4, -0.2) is 45.1 Å². The highest BCUT2D eigenvalue weighted by molar-refractivity contribution is 7.92. The molecule has 2 aliphatic rings. The monoisotopic (exact) mass is 401 g/mol. The zero-order chi connectivity index (χ0) is 18.6. The lowest BCUT2D eigenvalue weighted by atomic mass is 10.1. The lowest BCUT2D eigenvalue weighted by molar-refractivity contribution is -0.120. The van der Waals surface area contributed by atoms with Crippen LogP contribution in [0.3, 0.4) is 0 Å². The largest absolute Gasteiger partial charge is 0.486 e. The molecule has 1 N–H and O–H groups in total. The number of sulfone groups is 1. The molecule has 0 saturated heterocycles. The van der Waals surface area contributed by atoms with E-state index in [2.05, 4.69) is 5.32 Å². The van der Waals surface area contributed by atoms with Gasteiger partial charge in [-0.05, 0) is 37.0 Å². The van der Waals surface area contributed by atoms with E-state index in [1.165, 1.54) is 0 Å². The third kappa shape index (κ3) is 4.82. The van der Waals surface area contributed by atoms with Crippen LogP contribution in [0.2, 0.25) is 5.02 Å². The maximum atomic E-state index is 12.2. The van der Waals surface area contributed by atoms with Gasteiger partial charge in [0.05, 0.1) is 16.0 Å². The summed E-state index contributed by atoms with van der Waals surface area (Å²) in [6.07, 6.45) is 3.99. The van der Waals surface area contributed by atoms with Crippen LogP contribution < -0.4 is 14.8 Å². The van der Waals surface area contributed by atoms with E-state index >= 15 is 0 Å². The smallest absolute Gasteiger partial charge is 0.221 e. The Hall–Kier alpha value is -1.47. The second kappa shape index (κ2) is 8.48. The average molecular weight is 402 g/mol. The Bertz CT molecular complexity index is 759. The summed E-state index contributed by atoms with van der Waals surface area (Å²) in [7, 11) is -3.16. The molecule has 26 heavy (non-hydrogen) atoms. The standard InChI is InChI=1S/C18H24ClNO5S/c19-15-11-13(12-16-18(15)25-9-8-24-16)5-7-20-17(21)6-10-26(22,23)14-3-1-2-4-14/h11-12,14H,1-10H2,(H,20,21). The molecule has 6 nitrogen and oxygen atoms in total. The number of hydrogen-bond acceptors (Lipinski definition) is 5. The first-order chi connectivity index (χ1) is 12.5. The molecule has 1 amide bonds. The summed E-state index contributed by atoms with van der Waals surface area (Å²) in [5, 5.41) is 3.01. The average Bonchev–Trinajstić information content (AvgIpc) is 3.16. The minimum atomic E-state index is -3.16. The Balaban J connectivity index is 1.44. The van der Waals surface area contributed by atoms with Gasteiger partial charge in [0.2, 0.25) is 5.91 Å². The van der Waals surface area contributed by atoms with Crippen molar-refractivity contribution in [3.05, 3.63) is 22.7 Å². The molecule has 1 aromatic rings. The molecule has 8 heteroatoms. The molecular weight excluding hydrogens is 378 g/mol. The highest BCUT2D eigenvalue weighted by atomic mass is 35.5. The van der Waals surface area contributed by atoms with Crippen LogP contribution in [0.15, 0.2) is 12.1 Å². The summed E-state index contributed by atoms with van der Waals surface area (Å²) < 4.78 is 35.4. The van der Waals surface area contributed by atoms with E-state index in [1.54, 1.807) is 6.07 Å². The van der Waals surface area contributed by atoms with Crippen LogP contribution >= 0.6 is 11.6 Å². The second-order valence-corrected chi connectivity index (χ2v) is 9.53. The van der Waals surface area contributed by atoms with Gasteiger partial charge in [0.15, 0.2) is 21.3 Å². The summed E-state index contributed by atoms with van der Waals surface area (Å²) in [4.78, 5) is 11.9. The maximum Gasteiger partial charge on any atom is 0.221 e. The van der Waals surface area contributed by atoms with Crippen molar-refractivity contribution < 1.29 is 22.7 Å². The fourth-order valence-electron chi connectivity index (χ4n) is 3.39. The number of hydrogen-bond donors (Lipinski definition) is 1. The number of amides is 1. The van der Waals surface area contributed by atoms with Gasteiger partial charge >= 0.3 is 0 Å². The molecule has 0 aromatic heterocycles. The molecule has 0 spiro atoms. The number of benzene rings is 1. The van der Waals surface area contributed by atoms with E-state index in [0.717, 1.165) is 31.2 Å². The third-order valence-electron chi connectivity index (χ3n) is 4.82. The predicted molar refractivity (Wildman–Crippen MR) is 99.8 cm³/mol. The minimum Gasteiger partial charge on any atom is -0.486 e. The summed E-state index contributed by atoms with van der Waals surface area (Å²) in [6.45, 7) is 1.38. The fraction of sp³-hybridized carbons (Fsp3) is 0.611. The van der Waals surface area contributed by atoms with Crippen molar-refractivity contribution in [1.82, 2.24) is 5.32 Å². The lowest BCUT2D eigenvalue weighted by Crippen LogP contribution is -2.29. The molecule has 1 fully saturated rings. The summed E-state index contributed by atoms with van der Waals surface area (Å²) >= 11 is 6.19. The van der Waals surface area contributed by atoms with Crippen LogP contribution in [-0.2, 0) is 21.1 Å². The molecule has 1 aromatic carbocycles. The Morgan fingerprint density at radius 3 is 2.69 bits per heavy atom. The van der Waals surface area contributed by atoms with Gasteiger partial charge in [-0.15, -0.1) is 0 Å². The zero-order valence-corrected chi connectivity index (χ0v) is 16.2. The van der Waals surface area contributed by atoms with Crippen LogP contribution in [0.1, 0.15) is 37.7 Å². The molecule has 3 rings (SSSR count). The van der Waals surface area contributed by atoms with Gasteiger partial charge < -0.3 is 14.8 Å². The molecule has 0 bridgehead atoms. The highest BCUT2D eigenvalue weighted by Crippen LogP contribution is 2.38. The van der Waals surface area contributed by atoms with E-state index in [0.29, 0.717) is 42.7 Å². The van der Waals surface area contributed by atoms with Crippen molar-refractivity contribution in [2.45, 2.75) is 43.8 Å². The maximum absolute atomic E-state index is 12.2. The van der Waals surface area contributed by atoms with Crippen molar-refractivity contribution in [2.24, 2.45) is 0 Å². The number of carbonyl (C=O) groups is 1. The van der Waals surface area contributed by atoms with Gasteiger partial charge in [0.1, 0.15) is 13.2 Å². The van der Waals surface area contributed by atoms with E-state index < -0.39 is 9.84 Å². The predicted octanol–water partition coefficient (Wildman–Crippen LogP) is 2.52. The molecule has 0 unspecified atom stereocenters. The minimum absolute atomic E-state index is 0.0146. The quantitative estimate of drug-likeness (QED) is 0.759. The van der Waals surface area contributed by atoms with Crippen molar-refractivity contribution in [3.63, 3.8) is 0 Å². The van der Waals surface area contributed by atoms with Gasteiger partial charge in [-0.25, -0.2) is 8.42 Å². The van der Waals surface area contributed by atoms with Gasteiger partial charge in [0, 0.05) is 13.0 Å². The van der Waals surface area contributed by atoms with Gasteiger partial charge in [0.25, 0.3) is 0 Å². The molecule has 1 saturated carbocycles. The van der Waals surface area contributed by atoms with Crippen molar-refractivity contribution in [1.29, 1.82) is 0 Å².